The van der Waals surface area contributed by atoms with Gasteiger partial charge in [0.15, 0.2) is 0 Å². The molecular weight excluding hydrogens is 363 g/mol. The second-order valence-electron chi connectivity index (χ2n) is 5.92. The van der Waals surface area contributed by atoms with Gasteiger partial charge in [0.1, 0.15) is 0 Å². The second-order valence-corrected chi connectivity index (χ2v) is 5.92. The van der Waals surface area contributed by atoms with Gasteiger partial charge in [-0.05, 0) is 33.1 Å². The molecule has 0 saturated carbocycles. The Labute approximate surface area is 137 Å². The summed E-state index contributed by atoms with van der Waals surface area (Å²) in [6.07, 6.45) is 1.63. The normalized spacial score (nSPS) is 19.6. The van der Waals surface area contributed by atoms with Crippen molar-refractivity contribution in [2.45, 2.75) is 38.9 Å². The number of pyridine rings is 1. The van der Waals surface area contributed by atoms with Crippen molar-refractivity contribution in [2.75, 3.05) is 7.11 Å². The zero-order valence-corrected chi connectivity index (χ0v) is 14.2. The van der Waals surface area contributed by atoms with E-state index in [1.54, 1.807) is 19.4 Å². The van der Waals surface area contributed by atoms with Crippen LogP contribution in [0.15, 0.2) is 12.3 Å². The fraction of sp³-hybridized carbons (Fsp3) is 0.538. The first kappa shape index (κ1) is 16.4. The molecule has 116 valence electrons. The number of hydrogen-bond acceptors (Lipinski definition) is 5. The summed E-state index contributed by atoms with van der Waals surface area (Å²) in [5, 5.41) is 9.14. The number of fused-ring (bicyclic) bond motifs is 1. The molecule has 1 aliphatic heterocycles. The van der Waals surface area contributed by atoms with Crippen LogP contribution in [0.25, 0.3) is 10.9 Å². The minimum atomic E-state index is -0.530. The molecule has 0 spiro atoms. The molecule has 1 saturated heterocycles. The second kappa shape index (κ2) is 5.36. The molecule has 0 amide bonds. The van der Waals surface area contributed by atoms with Crippen LogP contribution in [0.1, 0.15) is 27.7 Å². The van der Waals surface area contributed by atoms with E-state index in [4.69, 9.17) is 14.0 Å². The average molecular weight is 381 g/mol. The molecule has 0 atom stereocenters. The first-order valence-corrected chi connectivity index (χ1v) is 6.53. The van der Waals surface area contributed by atoms with Crippen molar-refractivity contribution in [3.05, 3.63) is 12.3 Å². The van der Waals surface area contributed by atoms with Crippen LogP contribution in [-0.2, 0) is 29.7 Å². The molecule has 3 heterocycles. The van der Waals surface area contributed by atoms with Crippen molar-refractivity contribution in [2.24, 2.45) is 0 Å². The maximum Gasteiger partial charge on any atom is 0.513 e. The van der Waals surface area contributed by atoms with E-state index in [2.05, 4.69) is 15.2 Å². The molecule has 6 nitrogen and oxygen atoms in total. The third-order valence-electron chi connectivity index (χ3n) is 4.08. The van der Waals surface area contributed by atoms with Gasteiger partial charge in [-0.2, -0.15) is 0 Å². The Kier molecular flexibility index (Phi) is 4.20. The standard InChI is InChI=1S/C13H17BN3O3.Pd/c1-12(2)13(3,4)20-14(19-12)11-8-6-10(18-5)15-7-9(8)16-17-11;/h6-7H,1-5H3;/q-1;. The van der Waals surface area contributed by atoms with E-state index in [1.807, 2.05) is 27.7 Å². The summed E-state index contributed by atoms with van der Waals surface area (Å²) < 4.78 is 17.2. The molecule has 3 rings (SSSR count). The van der Waals surface area contributed by atoms with Crippen molar-refractivity contribution >= 4 is 23.6 Å². The van der Waals surface area contributed by atoms with Crippen molar-refractivity contribution in [3.8, 4) is 5.88 Å². The zero-order chi connectivity index (χ0) is 14.5. The summed E-state index contributed by atoms with van der Waals surface area (Å²) in [5.41, 5.74) is 0.565. The first-order valence-electron chi connectivity index (χ1n) is 6.53. The third-order valence-corrected chi connectivity index (χ3v) is 4.08. The fourth-order valence-electron chi connectivity index (χ4n) is 2.12. The van der Waals surface area contributed by atoms with Crippen LogP contribution in [0.2, 0.25) is 0 Å². The van der Waals surface area contributed by atoms with Gasteiger partial charge in [-0.15, -0.1) is 0 Å². The average Bonchev–Trinajstić information content (AvgIpc) is 2.87. The quantitative estimate of drug-likeness (QED) is 0.721. The van der Waals surface area contributed by atoms with Gasteiger partial charge >= 0.3 is 7.12 Å². The van der Waals surface area contributed by atoms with Crippen LogP contribution in [0, 0.1) is 0 Å². The Morgan fingerprint density at radius 1 is 1.19 bits per heavy atom. The largest absolute Gasteiger partial charge is 0.574 e. The molecule has 2 aromatic rings. The predicted molar refractivity (Wildman–Crippen MR) is 75.1 cm³/mol. The third kappa shape index (κ3) is 2.62. The number of aromatic nitrogens is 3. The molecule has 0 aromatic carbocycles. The van der Waals surface area contributed by atoms with Gasteiger partial charge in [-0.3, -0.25) is 0 Å². The van der Waals surface area contributed by atoms with Gasteiger partial charge in [-0.25, -0.2) is 4.98 Å². The van der Waals surface area contributed by atoms with Gasteiger partial charge in [-0.1, -0.05) is 5.52 Å². The summed E-state index contributed by atoms with van der Waals surface area (Å²) in [4.78, 5) is 4.12. The van der Waals surface area contributed by atoms with Crippen molar-refractivity contribution in [1.82, 2.24) is 15.2 Å². The number of rotatable bonds is 2. The summed E-state index contributed by atoms with van der Waals surface area (Å²) in [5.74, 6) is 0.519. The maximum atomic E-state index is 6.00. The Bertz CT molecular complexity index is 643. The topological polar surface area (TPSA) is 67.6 Å². The van der Waals surface area contributed by atoms with E-state index in [0.29, 0.717) is 17.0 Å². The Balaban J connectivity index is 0.00000161. The van der Waals surface area contributed by atoms with Crippen LogP contribution < -0.4 is 15.4 Å². The number of hydrogen-bond donors (Lipinski definition) is 0. The Morgan fingerprint density at radius 2 is 1.81 bits per heavy atom. The maximum absolute atomic E-state index is 6.00. The van der Waals surface area contributed by atoms with Crippen LogP contribution >= 0.6 is 0 Å². The molecular formula is C13H17BN3O3Pd-. The van der Waals surface area contributed by atoms with E-state index in [0.717, 1.165) is 5.39 Å². The molecule has 0 unspecified atom stereocenters. The number of ether oxygens (including phenoxy) is 1. The van der Waals surface area contributed by atoms with E-state index in [9.17, 15) is 0 Å². The summed E-state index contributed by atoms with van der Waals surface area (Å²) in [7, 11) is 1.05. The monoisotopic (exact) mass is 380 g/mol. The van der Waals surface area contributed by atoms with E-state index < -0.39 is 18.3 Å². The van der Waals surface area contributed by atoms with Gasteiger partial charge < -0.3 is 24.2 Å². The summed E-state index contributed by atoms with van der Waals surface area (Å²) >= 11 is 0. The molecule has 0 bridgehead atoms. The fourth-order valence-corrected chi connectivity index (χ4v) is 2.12. The molecule has 8 heteroatoms. The first-order chi connectivity index (χ1) is 9.34. The molecule has 0 radical (unpaired) electrons. The minimum absolute atomic E-state index is 0. The van der Waals surface area contributed by atoms with Crippen LogP contribution in [0.4, 0.5) is 0 Å². The minimum Gasteiger partial charge on any atom is -0.574 e. The Morgan fingerprint density at radius 3 is 2.38 bits per heavy atom. The molecule has 1 aliphatic rings. The number of nitrogens with zero attached hydrogens (tertiary/aromatic N) is 3. The van der Waals surface area contributed by atoms with E-state index in [-0.39, 0.29) is 20.4 Å². The Hall–Kier alpha value is -0.933. The van der Waals surface area contributed by atoms with Crippen LogP contribution in [0.5, 0.6) is 5.88 Å². The summed E-state index contributed by atoms with van der Waals surface area (Å²) in [6, 6.07) is 1.80. The summed E-state index contributed by atoms with van der Waals surface area (Å²) in [6.45, 7) is 8.03. The van der Waals surface area contributed by atoms with Gasteiger partial charge in [0, 0.05) is 32.7 Å². The molecule has 0 aliphatic carbocycles. The van der Waals surface area contributed by atoms with E-state index >= 15 is 0 Å². The predicted octanol–water partition coefficient (Wildman–Crippen LogP) is 0.892. The van der Waals surface area contributed by atoms with Crippen LogP contribution in [0.3, 0.4) is 0 Å². The molecule has 21 heavy (non-hydrogen) atoms. The van der Waals surface area contributed by atoms with Gasteiger partial charge in [0.05, 0.1) is 23.9 Å². The molecule has 2 aromatic heterocycles. The number of methoxy groups -OCH3 is 1. The smallest absolute Gasteiger partial charge is 0.513 e. The van der Waals surface area contributed by atoms with Crippen molar-refractivity contribution in [3.63, 3.8) is 0 Å². The molecule has 0 N–H and O–H groups in total. The van der Waals surface area contributed by atoms with E-state index in [1.165, 1.54) is 0 Å². The van der Waals surface area contributed by atoms with Crippen molar-refractivity contribution < 1.29 is 34.5 Å². The molecule has 1 fully saturated rings. The van der Waals surface area contributed by atoms with Crippen molar-refractivity contribution in [1.29, 1.82) is 0 Å². The van der Waals surface area contributed by atoms with Crippen LogP contribution in [-0.4, -0.2) is 35.5 Å². The zero-order valence-electron chi connectivity index (χ0n) is 12.6. The van der Waals surface area contributed by atoms with Gasteiger partial charge in [0.25, 0.3) is 0 Å². The van der Waals surface area contributed by atoms with Gasteiger partial charge in [0.2, 0.25) is 5.88 Å². The SMILES string of the molecule is COc1cc2c(B3OC(C)(C)C(C)(C)O3)n[n-]c2cn1.[Pd].